The first kappa shape index (κ1) is 15.4. The second-order valence-corrected chi connectivity index (χ2v) is 5.87. The summed E-state index contributed by atoms with van der Waals surface area (Å²) in [7, 11) is 0. The van der Waals surface area contributed by atoms with Gasteiger partial charge < -0.3 is 0 Å². The van der Waals surface area contributed by atoms with Crippen LogP contribution in [-0.2, 0) is 16.0 Å². The maximum absolute atomic E-state index is 12.6. The van der Waals surface area contributed by atoms with Crippen LogP contribution in [0.4, 0.5) is 5.69 Å². The van der Waals surface area contributed by atoms with Crippen molar-refractivity contribution in [3.63, 3.8) is 0 Å². The van der Waals surface area contributed by atoms with Crippen LogP contribution in [0.3, 0.4) is 0 Å². The van der Waals surface area contributed by atoms with Crippen LogP contribution in [0, 0.1) is 5.92 Å². The van der Waals surface area contributed by atoms with Crippen molar-refractivity contribution < 1.29 is 9.59 Å². The first-order valence-corrected chi connectivity index (χ1v) is 7.65. The van der Waals surface area contributed by atoms with Gasteiger partial charge in [0, 0.05) is 11.4 Å². The Kier molecular flexibility index (Phi) is 4.26. The Hall–Kier alpha value is -2.46. The number of halogens is 1. The number of amides is 1. The molecule has 1 unspecified atom stereocenters. The number of hydrogen-bond acceptors (Lipinski definition) is 3. The van der Waals surface area contributed by atoms with Gasteiger partial charge in [0.1, 0.15) is 5.92 Å². The number of rotatable bonds is 4. The maximum Gasteiger partial charge on any atom is 0.263 e. The van der Waals surface area contributed by atoms with Crippen LogP contribution in [-0.4, -0.2) is 17.4 Å². The van der Waals surface area contributed by atoms with E-state index in [1.807, 2.05) is 24.3 Å². The summed E-state index contributed by atoms with van der Waals surface area (Å²) in [6.45, 7) is 1.71. The molecule has 0 N–H and O–H groups in total. The zero-order chi connectivity index (χ0) is 16.4. The third-order valence-corrected chi connectivity index (χ3v) is 3.96. The average molecular weight is 327 g/mol. The Morgan fingerprint density at radius 1 is 1.17 bits per heavy atom. The van der Waals surface area contributed by atoms with E-state index in [4.69, 9.17) is 11.6 Å². The molecule has 0 fully saturated rings. The van der Waals surface area contributed by atoms with Gasteiger partial charge in [0.05, 0.1) is 11.4 Å². The molecule has 1 aliphatic rings. The molecule has 2 aromatic rings. The fraction of sp³-hybridized carbons (Fsp3) is 0.167. The zero-order valence-electron chi connectivity index (χ0n) is 12.6. The van der Waals surface area contributed by atoms with Crippen molar-refractivity contribution >= 4 is 34.7 Å². The number of nitrogens with zero attached hydrogens (tertiary/aromatic N) is 2. The first-order chi connectivity index (χ1) is 11.1. The van der Waals surface area contributed by atoms with Crippen LogP contribution in [0.2, 0.25) is 5.02 Å². The highest BCUT2D eigenvalue weighted by atomic mass is 35.5. The van der Waals surface area contributed by atoms with Crippen LogP contribution < -0.4 is 5.01 Å². The lowest BCUT2D eigenvalue weighted by atomic mass is 9.94. The lowest BCUT2D eigenvalue weighted by Gasteiger charge is -2.13. The fourth-order valence-corrected chi connectivity index (χ4v) is 2.85. The van der Waals surface area contributed by atoms with Gasteiger partial charge in [0.25, 0.3) is 5.91 Å². The SMILES string of the molecule is CC1=NN(c2ccccc2)C(=O)C1C(=O)Cc1cccc(Cl)c1. The summed E-state index contributed by atoms with van der Waals surface area (Å²) in [5.74, 6) is -1.30. The Morgan fingerprint density at radius 2 is 1.91 bits per heavy atom. The highest BCUT2D eigenvalue weighted by Gasteiger charge is 2.39. The molecule has 0 bridgehead atoms. The second kappa shape index (κ2) is 6.34. The van der Waals surface area contributed by atoms with E-state index in [1.54, 1.807) is 37.3 Å². The molecular weight excluding hydrogens is 312 g/mol. The zero-order valence-corrected chi connectivity index (χ0v) is 13.3. The van der Waals surface area contributed by atoms with Crippen LogP contribution in [0.5, 0.6) is 0 Å². The number of hydrazone groups is 1. The van der Waals surface area contributed by atoms with E-state index in [-0.39, 0.29) is 18.1 Å². The Morgan fingerprint density at radius 3 is 2.61 bits per heavy atom. The molecule has 23 heavy (non-hydrogen) atoms. The van der Waals surface area contributed by atoms with E-state index in [0.717, 1.165) is 5.56 Å². The number of carbonyl (C=O) groups excluding carboxylic acids is 2. The number of anilines is 1. The highest BCUT2D eigenvalue weighted by molar-refractivity contribution is 6.30. The van der Waals surface area contributed by atoms with Crippen molar-refractivity contribution in [2.75, 3.05) is 5.01 Å². The molecule has 5 heteroatoms. The van der Waals surface area contributed by atoms with Crippen LogP contribution in [0.25, 0.3) is 0 Å². The molecule has 4 nitrogen and oxygen atoms in total. The summed E-state index contributed by atoms with van der Waals surface area (Å²) in [5, 5.41) is 6.13. The van der Waals surface area contributed by atoms with Crippen molar-refractivity contribution in [1.29, 1.82) is 0 Å². The third kappa shape index (κ3) is 3.17. The molecule has 1 heterocycles. The van der Waals surface area contributed by atoms with Gasteiger partial charge in [0.15, 0.2) is 5.78 Å². The average Bonchev–Trinajstić information content (AvgIpc) is 2.83. The highest BCUT2D eigenvalue weighted by Crippen LogP contribution is 2.25. The van der Waals surface area contributed by atoms with Crippen molar-refractivity contribution in [2.24, 2.45) is 11.0 Å². The monoisotopic (exact) mass is 326 g/mol. The summed E-state index contributed by atoms with van der Waals surface area (Å²) in [4.78, 5) is 25.1. The number of para-hydroxylation sites is 1. The van der Waals surface area contributed by atoms with Gasteiger partial charge in [-0.2, -0.15) is 10.1 Å². The van der Waals surface area contributed by atoms with Gasteiger partial charge in [-0.05, 0) is 36.8 Å². The summed E-state index contributed by atoms with van der Waals surface area (Å²) in [6.07, 6.45) is 0.159. The molecule has 0 saturated carbocycles. The predicted octanol–water partition coefficient (Wildman–Crippen LogP) is 3.49. The lowest BCUT2D eigenvalue weighted by Crippen LogP contribution is -2.33. The number of ketones is 1. The van der Waals surface area contributed by atoms with Gasteiger partial charge in [0.2, 0.25) is 0 Å². The molecule has 0 saturated heterocycles. The molecular formula is C18H15ClN2O2. The molecule has 3 rings (SSSR count). The lowest BCUT2D eigenvalue weighted by molar-refractivity contribution is -0.128. The van der Waals surface area contributed by atoms with E-state index >= 15 is 0 Å². The molecule has 0 radical (unpaired) electrons. The van der Waals surface area contributed by atoms with Crippen molar-refractivity contribution in [3.05, 3.63) is 65.2 Å². The van der Waals surface area contributed by atoms with E-state index < -0.39 is 5.92 Å². The van der Waals surface area contributed by atoms with Gasteiger partial charge >= 0.3 is 0 Å². The smallest absolute Gasteiger partial charge is 0.263 e. The van der Waals surface area contributed by atoms with Crippen LogP contribution >= 0.6 is 11.6 Å². The molecule has 116 valence electrons. The van der Waals surface area contributed by atoms with E-state index in [0.29, 0.717) is 16.4 Å². The normalized spacial score (nSPS) is 17.3. The summed E-state index contributed by atoms with van der Waals surface area (Å²) in [6, 6.07) is 16.2. The largest absolute Gasteiger partial charge is 0.298 e. The summed E-state index contributed by atoms with van der Waals surface area (Å²) in [5.41, 5.74) is 1.97. The third-order valence-electron chi connectivity index (χ3n) is 3.72. The Labute approximate surface area is 139 Å². The van der Waals surface area contributed by atoms with Gasteiger partial charge in [-0.3, -0.25) is 9.59 Å². The van der Waals surface area contributed by atoms with E-state index in [1.165, 1.54) is 5.01 Å². The predicted molar refractivity (Wildman–Crippen MR) is 90.7 cm³/mol. The van der Waals surface area contributed by atoms with Gasteiger partial charge in [-0.1, -0.05) is 41.9 Å². The molecule has 0 spiro atoms. The number of hydrogen-bond donors (Lipinski definition) is 0. The summed E-state index contributed by atoms with van der Waals surface area (Å²) >= 11 is 5.94. The van der Waals surface area contributed by atoms with E-state index in [9.17, 15) is 9.59 Å². The topological polar surface area (TPSA) is 49.7 Å². The minimum absolute atomic E-state index is 0.159. The molecule has 0 aliphatic carbocycles. The Balaban J connectivity index is 1.80. The van der Waals surface area contributed by atoms with Crippen molar-refractivity contribution in [2.45, 2.75) is 13.3 Å². The number of carbonyl (C=O) groups is 2. The van der Waals surface area contributed by atoms with E-state index in [2.05, 4.69) is 5.10 Å². The standard InChI is InChI=1S/C18H15ClN2O2/c1-12-17(16(22)11-13-6-5-7-14(19)10-13)18(23)21(20-12)15-8-3-2-4-9-15/h2-10,17H,11H2,1H3. The minimum Gasteiger partial charge on any atom is -0.298 e. The maximum atomic E-state index is 12.6. The molecule has 2 aromatic carbocycles. The number of Topliss-reactive ketones (excluding diaryl/α,β-unsaturated/α-hetero) is 1. The van der Waals surface area contributed by atoms with Gasteiger partial charge in [-0.15, -0.1) is 0 Å². The first-order valence-electron chi connectivity index (χ1n) is 7.27. The number of benzene rings is 2. The Bertz CT molecular complexity index is 787. The van der Waals surface area contributed by atoms with Crippen LogP contribution in [0.1, 0.15) is 12.5 Å². The van der Waals surface area contributed by atoms with Crippen molar-refractivity contribution in [3.8, 4) is 0 Å². The molecule has 1 atom stereocenters. The molecule has 1 aliphatic heterocycles. The molecule has 0 aromatic heterocycles. The van der Waals surface area contributed by atoms with Crippen LogP contribution in [0.15, 0.2) is 59.7 Å². The fourth-order valence-electron chi connectivity index (χ4n) is 2.64. The molecule has 1 amide bonds. The van der Waals surface area contributed by atoms with Gasteiger partial charge in [-0.25, -0.2) is 0 Å². The quantitative estimate of drug-likeness (QED) is 0.807. The van der Waals surface area contributed by atoms with Crippen molar-refractivity contribution in [1.82, 2.24) is 0 Å². The minimum atomic E-state index is -0.825. The summed E-state index contributed by atoms with van der Waals surface area (Å²) < 4.78 is 0. The second-order valence-electron chi connectivity index (χ2n) is 5.43.